The van der Waals surface area contributed by atoms with Gasteiger partial charge < -0.3 is 9.32 Å². The maximum atomic E-state index is 14.2. The van der Waals surface area contributed by atoms with E-state index in [1.54, 1.807) is 0 Å². The first kappa shape index (κ1) is 16.5. The smallest absolute Gasteiger partial charge is 0.182 e. The number of aromatic nitrogens is 1. The Kier molecular flexibility index (Phi) is 3.68. The van der Waals surface area contributed by atoms with E-state index in [2.05, 4.69) is 29.4 Å². The molecule has 0 spiro atoms. The van der Waals surface area contributed by atoms with Crippen molar-refractivity contribution in [3.8, 4) is 11.3 Å². The predicted octanol–water partition coefficient (Wildman–Crippen LogP) is 4.12. The number of nitrogens with zero attached hydrogens (tertiary/aromatic N) is 3. The molecule has 1 unspecified atom stereocenters. The quantitative estimate of drug-likeness (QED) is 0.899. The highest BCUT2D eigenvalue weighted by molar-refractivity contribution is 5.91. The van der Waals surface area contributed by atoms with E-state index in [-0.39, 0.29) is 17.2 Å². The molecule has 5 nitrogen and oxygen atoms in total. The van der Waals surface area contributed by atoms with E-state index in [1.807, 2.05) is 30.2 Å². The molecule has 4 rings (SSSR count). The molecule has 0 saturated heterocycles. The molecule has 3 heterocycles. The van der Waals surface area contributed by atoms with Crippen molar-refractivity contribution >= 4 is 11.4 Å². The second-order valence-corrected chi connectivity index (χ2v) is 6.83. The summed E-state index contributed by atoms with van der Waals surface area (Å²) in [6.07, 6.45) is 6.94. The summed E-state index contributed by atoms with van der Waals surface area (Å²) in [6.45, 7) is 6.11. The minimum atomic E-state index is -0.556. The van der Waals surface area contributed by atoms with Crippen LogP contribution in [0, 0.1) is 17.6 Å². The van der Waals surface area contributed by atoms with Gasteiger partial charge in [0, 0.05) is 23.3 Å². The molecule has 0 amide bonds. The molecule has 1 aromatic carbocycles. The lowest BCUT2D eigenvalue weighted by atomic mass is 9.99. The Labute approximate surface area is 149 Å². The molecule has 2 aliphatic rings. The lowest BCUT2D eigenvalue weighted by molar-refractivity contribution is 0.293. The van der Waals surface area contributed by atoms with E-state index >= 15 is 0 Å². The van der Waals surface area contributed by atoms with Gasteiger partial charge in [-0.15, -0.1) is 0 Å². The monoisotopic (exact) mass is 356 g/mol. The van der Waals surface area contributed by atoms with Gasteiger partial charge in [-0.05, 0) is 37.3 Å². The molecule has 1 atom stereocenters. The van der Waals surface area contributed by atoms with E-state index in [9.17, 15) is 8.78 Å². The van der Waals surface area contributed by atoms with Crippen molar-refractivity contribution in [3.05, 3.63) is 60.3 Å². The first-order valence-corrected chi connectivity index (χ1v) is 8.33. The fourth-order valence-electron chi connectivity index (χ4n) is 3.13. The normalized spacial score (nSPS) is 21.5. The number of rotatable bonds is 3. The number of nitrogens with one attached hydrogen (secondary N) is 1. The van der Waals surface area contributed by atoms with Gasteiger partial charge >= 0.3 is 0 Å². The summed E-state index contributed by atoms with van der Waals surface area (Å²) >= 11 is 0. The first-order chi connectivity index (χ1) is 12.4. The minimum Gasteiger partial charge on any atom is -0.443 e. The summed E-state index contributed by atoms with van der Waals surface area (Å²) < 4.78 is 33.3. The van der Waals surface area contributed by atoms with E-state index in [1.165, 1.54) is 6.39 Å². The number of hydrogen-bond donors (Lipinski definition) is 1. The summed E-state index contributed by atoms with van der Waals surface area (Å²) in [7, 11) is 0. The van der Waals surface area contributed by atoms with Crippen LogP contribution in [0.15, 0.2) is 52.5 Å². The number of hydrogen-bond acceptors (Lipinski definition) is 5. The zero-order valence-corrected chi connectivity index (χ0v) is 14.6. The number of hydrazone groups is 1. The van der Waals surface area contributed by atoms with Crippen LogP contribution in [0.2, 0.25) is 0 Å². The van der Waals surface area contributed by atoms with Crippen LogP contribution in [0.25, 0.3) is 16.8 Å². The number of benzene rings is 1. The van der Waals surface area contributed by atoms with Crippen LogP contribution in [0.1, 0.15) is 26.5 Å². The molecular weight excluding hydrogens is 338 g/mol. The number of allylic oxidation sites excluding steroid dienone is 2. The molecule has 2 aliphatic heterocycles. The van der Waals surface area contributed by atoms with Crippen LogP contribution in [0.4, 0.5) is 8.78 Å². The van der Waals surface area contributed by atoms with Crippen LogP contribution < -0.4 is 5.43 Å². The zero-order chi connectivity index (χ0) is 18.5. The standard InChI is InChI=1S/C19H18F2N4O/c1-11(2)18-23-24-19(3)7-6-12(9-25(18)19)17-16(22-10-26-17)14-8-13(20)4-5-15(14)21/h4-11,24H,1-3H3. The molecular formula is C19H18F2N4O. The highest BCUT2D eigenvalue weighted by atomic mass is 19.1. The van der Waals surface area contributed by atoms with Gasteiger partial charge in [0.2, 0.25) is 0 Å². The van der Waals surface area contributed by atoms with Crippen LogP contribution in [-0.4, -0.2) is 21.4 Å². The predicted molar refractivity (Wildman–Crippen MR) is 94.6 cm³/mol. The van der Waals surface area contributed by atoms with Crippen molar-refractivity contribution in [2.75, 3.05) is 0 Å². The van der Waals surface area contributed by atoms with Gasteiger partial charge in [-0.1, -0.05) is 13.8 Å². The van der Waals surface area contributed by atoms with E-state index in [0.29, 0.717) is 11.3 Å². The van der Waals surface area contributed by atoms with Crippen molar-refractivity contribution in [2.24, 2.45) is 11.0 Å². The van der Waals surface area contributed by atoms with Gasteiger partial charge in [0.05, 0.1) is 0 Å². The van der Waals surface area contributed by atoms with Crippen LogP contribution >= 0.6 is 0 Å². The van der Waals surface area contributed by atoms with Crippen molar-refractivity contribution in [3.63, 3.8) is 0 Å². The zero-order valence-electron chi connectivity index (χ0n) is 14.6. The Balaban J connectivity index is 1.79. The number of fused-ring (bicyclic) bond motifs is 1. The van der Waals surface area contributed by atoms with Crippen molar-refractivity contribution < 1.29 is 13.2 Å². The van der Waals surface area contributed by atoms with E-state index < -0.39 is 17.3 Å². The summed E-state index contributed by atoms with van der Waals surface area (Å²) in [6, 6.07) is 3.27. The minimum absolute atomic E-state index is 0.0636. The topological polar surface area (TPSA) is 53.7 Å². The lowest BCUT2D eigenvalue weighted by Gasteiger charge is -2.35. The van der Waals surface area contributed by atoms with Crippen LogP contribution in [-0.2, 0) is 0 Å². The van der Waals surface area contributed by atoms with E-state index in [4.69, 9.17) is 4.42 Å². The van der Waals surface area contributed by atoms with Gasteiger partial charge in [0.25, 0.3) is 0 Å². The third-order valence-corrected chi connectivity index (χ3v) is 4.53. The third-order valence-electron chi connectivity index (χ3n) is 4.53. The maximum absolute atomic E-state index is 14.2. The second kappa shape index (κ2) is 5.79. The number of halogens is 2. The lowest BCUT2D eigenvalue weighted by Crippen LogP contribution is -2.49. The third kappa shape index (κ3) is 2.51. The van der Waals surface area contributed by atoms with E-state index in [0.717, 1.165) is 24.0 Å². The fraction of sp³-hybridized carbons (Fsp3) is 0.263. The largest absolute Gasteiger partial charge is 0.443 e. The van der Waals surface area contributed by atoms with Crippen molar-refractivity contribution in [1.29, 1.82) is 0 Å². The van der Waals surface area contributed by atoms with Gasteiger partial charge in [0.1, 0.15) is 28.8 Å². The highest BCUT2D eigenvalue weighted by Gasteiger charge is 2.39. The molecule has 0 radical (unpaired) electrons. The van der Waals surface area contributed by atoms with Gasteiger partial charge in [-0.2, -0.15) is 5.10 Å². The highest BCUT2D eigenvalue weighted by Crippen LogP contribution is 2.36. The molecule has 7 heteroatoms. The van der Waals surface area contributed by atoms with Gasteiger partial charge in [-0.25, -0.2) is 13.8 Å². The van der Waals surface area contributed by atoms with Crippen molar-refractivity contribution in [2.45, 2.75) is 26.4 Å². The van der Waals surface area contributed by atoms with Crippen molar-refractivity contribution in [1.82, 2.24) is 15.3 Å². The summed E-state index contributed by atoms with van der Waals surface area (Å²) in [5.74, 6) is 0.381. The first-order valence-electron chi connectivity index (χ1n) is 8.33. The average molecular weight is 356 g/mol. The van der Waals surface area contributed by atoms with Crippen LogP contribution in [0.5, 0.6) is 0 Å². The van der Waals surface area contributed by atoms with Crippen LogP contribution in [0.3, 0.4) is 0 Å². The Morgan fingerprint density at radius 2 is 2.08 bits per heavy atom. The molecule has 2 aromatic rings. The Hall–Kier alpha value is -2.96. The average Bonchev–Trinajstić information content (AvgIpc) is 3.20. The molecule has 0 fully saturated rings. The SMILES string of the molecule is CC(C)C1=NNC2(C)C=CC(c3ocnc3-c3cc(F)ccc3F)=CN12. The Morgan fingerprint density at radius 3 is 2.85 bits per heavy atom. The van der Waals surface area contributed by atoms with Gasteiger partial charge in [-0.3, -0.25) is 5.43 Å². The summed E-state index contributed by atoms with van der Waals surface area (Å²) in [5.41, 5.74) is 3.69. The molecule has 1 N–H and O–H groups in total. The fourth-order valence-corrected chi connectivity index (χ4v) is 3.13. The second-order valence-electron chi connectivity index (χ2n) is 6.83. The summed E-state index contributed by atoms with van der Waals surface area (Å²) in [5, 5.41) is 4.41. The molecule has 134 valence electrons. The Bertz CT molecular complexity index is 960. The molecule has 1 aromatic heterocycles. The van der Waals surface area contributed by atoms with Gasteiger partial charge in [0.15, 0.2) is 12.2 Å². The Morgan fingerprint density at radius 1 is 1.27 bits per heavy atom. The number of amidine groups is 1. The molecule has 0 saturated carbocycles. The maximum Gasteiger partial charge on any atom is 0.182 e. The number of oxazole rings is 1. The molecule has 0 bridgehead atoms. The molecule has 0 aliphatic carbocycles. The summed E-state index contributed by atoms with van der Waals surface area (Å²) in [4.78, 5) is 6.12. The molecule has 26 heavy (non-hydrogen) atoms.